The van der Waals surface area contributed by atoms with Crippen molar-refractivity contribution in [1.29, 1.82) is 0 Å². The normalized spacial score (nSPS) is 12.8. The summed E-state index contributed by atoms with van der Waals surface area (Å²) in [6.45, 7) is 16.7. The highest BCUT2D eigenvalue weighted by Crippen LogP contribution is 2.19. The third-order valence-electron chi connectivity index (χ3n) is 12.5. The molecule has 0 saturated heterocycles. The van der Waals surface area contributed by atoms with Gasteiger partial charge in [-0.15, -0.1) is 0 Å². The van der Waals surface area contributed by atoms with Crippen molar-refractivity contribution in [2.75, 3.05) is 26.2 Å². The van der Waals surface area contributed by atoms with Crippen LogP contribution in [0.15, 0.2) is 94.5 Å². The van der Waals surface area contributed by atoms with Crippen LogP contribution in [0.4, 0.5) is 4.79 Å². The summed E-state index contributed by atoms with van der Waals surface area (Å²) < 4.78 is 17.5. The number of unbranched alkanes of at least 4 members (excludes halogenated alkanes) is 3. The van der Waals surface area contributed by atoms with E-state index in [1.807, 2.05) is 84.9 Å². The number of hydrogen-bond donors (Lipinski definition) is 6. The average molecular weight is 1250 g/mol. The number of amides is 7. The topological polar surface area (TPSA) is 306 Å². The van der Waals surface area contributed by atoms with E-state index in [2.05, 4.69) is 57.9 Å². The van der Waals surface area contributed by atoms with Gasteiger partial charge in [-0.2, -0.15) is 0 Å². The summed E-state index contributed by atoms with van der Waals surface area (Å²) in [5, 5.41) is 20.0. The molecule has 3 rings (SSSR count). The lowest BCUT2D eigenvalue weighted by Crippen LogP contribution is -2.55. The Hall–Kier alpha value is -7.52. The van der Waals surface area contributed by atoms with Crippen LogP contribution >= 0.6 is 15.9 Å². The molecule has 0 aliphatic carbocycles. The summed E-state index contributed by atoms with van der Waals surface area (Å²) in [5.74, 6) is -4.01. The zero-order valence-corrected chi connectivity index (χ0v) is 52.5. The van der Waals surface area contributed by atoms with Gasteiger partial charge >= 0.3 is 23.9 Å². The fraction of sp³-hybridized carbons (Fsp3) is 0.565. The molecule has 0 aliphatic rings. The SMILES string of the molecule is CC(C)(C)OC(=O)CC[C@H](NC(=O)N[C@@H](CCCCN(Cc1ccc(Br)cc1)C(=O)CCCCCNC(=O)CCC(=O)N[C@@H](Cc1ccccc1)C(=O)N[C@@H](Cc1ccccc1)C(=O)NCCCN=[N+]=[N-])C(=O)OC(C)(C)C)C(=O)OC(C)(C)C. The number of hydrogen-bond acceptors (Lipinski definition) is 13. The molecule has 0 radical (unpaired) electrons. The van der Waals surface area contributed by atoms with Gasteiger partial charge in [-0.1, -0.05) is 100 Å². The number of azide groups is 1. The van der Waals surface area contributed by atoms with E-state index in [-0.39, 0.29) is 76.3 Å². The Morgan fingerprint density at radius 2 is 1.06 bits per heavy atom. The highest BCUT2D eigenvalue weighted by molar-refractivity contribution is 9.10. The Morgan fingerprint density at radius 3 is 1.61 bits per heavy atom. The quantitative estimate of drug-likeness (QED) is 0.00806. The average Bonchev–Trinajstić information content (AvgIpc) is 3.64. The zero-order chi connectivity index (χ0) is 63.0. The maximum absolute atomic E-state index is 13.9. The van der Waals surface area contributed by atoms with Crippen LogP contribution in [-0.4, -0.2) is 126 Å². The first-order valence-corrected chi connectivity index (χ1v) is 29.9. The number of halogens is 1. The number of carbonyl (C=O) groups excluding carboxylic acids is 9. The fourth-order valence-corrected chi connectivity index (χ4v) is 8.74. The van der Waals surface area contributed by atoms with Gasteiger partial charge in [0.25, 0.3) is 0 Å². The summed E-state index contributed by atoms with van der Waals surface area (Å²) >= 11 is 3.47. The summed E-state index contributed by atoms with van der Waals surface area (Å²) in [6, 6.07) is 20.6. The molecule has 0 aromatic heterocycles. The molecule has 3 aromatic rings. The predicted molar refractivity (Wildman–Crippen MR) is 326 cm³/mol. The van der Waals surface area contributed by atoms with Gasteiger partial charge in [0.05, 0.1) is 0 Å². The first-order chi connectivity index (χ1) is 40.1. The molecule has 466 valence electrons. The second-order valence-electron chi connectivity index (χ2n) is 23.7. The fourth-order valence-electron chi connectivity index (χ4n) is 8.48. The number of ether oxygens (including phenoxy) is 3. The molecule has 3 aromatic carbocycles. The third-order valence-corrected chi connectivity index (χ3v) is 13.0. The largest absolute Gasteiger partial charge is 0.460 e. The lowest BCUT2D eigenvalue weighted by atomic mass is 10.0. The van der Waals surface area contributed by atoms with E-state index >= 15 is 0 Å². The predicted octanol–water partition coefficient (Wildman–Crippen LogP) is 8.52. The Balaban J connectivity index is 1.57. The van der Waals surface area contributed by atoms with Gasteiger partial charge in [0.2, 0.25) is 29.5 Å². The summed E-state index contributed by atoms with van der Waals surface area (Å²) in [6.07, 6.45) is 3.01. The molecule has 6 N–H and O–H groups in total. The molecule has 7 amide bonds. The summed E-state index contributed by atoms with van der Waals surface area (Å²) in [5.41, 5.74) is 8.53. The Bertz CT molecular complexity index is 2670. The van der Waals surface area contributed by atoms with Crippen molar-refractivity contribution in [3.8, 4) is 0 Å². The van der Waals surface area contributed by atoms with E-state index in [9.17, 15) is 43.2 Å². The molecular weight excluding hydrogens is 1160 g/mol. The number of rotatable bonds is 35. The van der Waals surface area contributed by atoms with Crippen molar-refractivity contribution in [2.45, 2.75) is 200 Å². The Morgan fingerprint density at radius 1 is 0.529 bits per heavy atom. The van der Waals surface area contributed by atoms with Crippen LogP contribution in [0.5, 0.6) is 0 Å². The van der Waals surface area contributed by atoms with Crippen LogP contribution in [0, 0.1) is 0 Å². The standard InChI is InChI=1S/C62H89BrN10O12/c1-60(2,3)83-54(77)35-32-48(58(81)85-62(7,8)9)71-59(82)70-47(57(80)84-61(4,5)6)26-18-20-39-73(42-45-28-30-46(63)31-29-45)53(76)27-17-12-19-36-65-51(74)33-34-52(75)68-50(41-44-24-15-11-16-25-44)56(79)69-49(40-43-22-13-10-14-23-43)55(78)66-37-21-38-67-72-64/h10-11,13-16,22-25,28-31,47-50H,12,17-21,26-27,32-42H2,1-9H3,(H,65,74)(H,66,78)(H,68,75)(H,69,79)(H2,70,71,82)/t47-,48-,49-,50-/m0/s1. The third kappa shape index (κ3) is 32.4. The number of nitrogens with zero attached hydrogens (tertiary/aromatic N) is 4. The lowest BCUT2D eigenvalue weighted by molar-refractivity contribution is -0.159. The van der Waals surface area contributed by atoms with E-state index in [1.54, 1.807) is 67.2 Å². The van der Waals surface area contributed by atoms with E-state index < -0.39 is 82.6 Å². The van der Waals surface area contributed by atoms with Crippen LogP contribution < -0.4 is 31.9 Å². The lowest BCUT2D eigenvalue weighted by Gasteiger charge is -2.27. The smallest absolute Gasteiger partial charge is 0.329 e. The molecule has 4 atom stereocenters. The van der Waals surface area contributed by atoms with Gasteiger partial charge in [0.15, 0.2) is 0 Å². The first-order valence-electron chi connectivity index (χ1n) is 29.1. The van der Waals surface area contributed by atoms with Crippen molar-refractivity contribution in [2.24, 2.45) is 5.11 Å². The molecule has 0 unspecified atom stereocenters. The summed E-state index contributed by atoms with van der Waals surface area (Å²) in [4.78, 5) is 125. The molecular formula is C62H89BrN10O12. The molecule has 0 fully saturated rings. The van der Waals surface area contributed by atoms with Gasteiger partial charge in [-0.05, 0) is 142 Å². The van der Waals surface area contributed by atoms with Gasteiger partial charge in [-0.25, -0.2) is 14.4 Å². The Labute approximate surface area is 508 Å². The molecule has 85 heavy (non-hydrogen) atoms. The minimum atomic E-state index is -1.24. The zero-order valence-electron chi connectivity index (χ0n) is 50.9. The van der Waals surface area contributed by atoms with Crippen molar-refractivity contribution < 1.29 is 57.4 Å². The van der Waals surface area contributed by atoms with Crippen LogP contribution in [0.3, 0.4) is 0 Å². The van der Waals surface area contributed by atoms with E-state index in [0.29, 0.717) is 58.2 Å². The number of nitrogens with one attached hydrogen (secondary N) is 6. The number of benzene rings is 3. The van der Waals surface area contributed by atoms with Crippen molar-refractivity contribution in [3.05, 3.63) is 117 Å². The second-order valence-corrected chi connectivity index (χ2v) is 24.6. The van der Waals surface area contributed by atoms with Crippen molar-refractivity contribution >= 4 is 69.4 Å². The van der Waals surface area contributed by atoms with Gasteiger partial charge in [0, 0.05) is 80.6 Å². The molecule has 0 spiro atoms. The minimum Gasteiger partial charge on any atom is -0.460 e. The van der Waals surface area contributed by atoms with Crippen LogP contribution in [0.2, 0.25) is 0 Å². The maximum Gasteiger partial charge on any atom is 0.329 e. The molecule has 0 heterocycles. The molecule has 0 bridgehead atoms. The van der Waals surface area contributed by atoms with Gasteiger partial charge in [-0.3, -0.25) is 28.8 Å². The number of urea groups is 1. The maximum atomic E-state index is 13.9. The van der Waals surface area contributed by atoms with Crippen LogP contribution in [0.25, 0.3) is 10.4 Å². The molecule has 0 aliphatic heterocycles. The first kappa shape index (κ1) is 71.7. The van der Waals surface area contributed by atoms with Crippen LogP contribution in [0.1, 0.15) is 156 Å². The van der Waals surface area contributed by atoms with E-state index in [4.69, 9.17) is 19.7 Å². The number of carbonyl (C=O) groups is 9. The molecule has 0 saturated carbocycles. The minimum absolute atomic E-state index is 0.0909. The van der Waals surface area contributed by atoms with Gasteiger partial charge < -0.3 is 51.0 Å². The van der Waals surface area contributed by atoms with E-state index in [1.165, 1.54) is 0 Å². The number of esters is 3. The molecule has 22 nitrogen and oxygen atoms in total. The second kappa shape index (κ2) is 37.0. The van der Waals surface area contributed by atoms with Crippen molar-refractivity contribution in [1.82, 2.24) is 36.8 Å². The highest BCUT2D eigenvalue weighted by Gasteiger charge is 2.32. The molecule has 23 heteroatoms. The van der Waals surface area contributed by atoms with Crippen molar-refractivity contribution in [3.63, 3.8) is 0 Å². The Kier molecular flexibility index (Phi) is 31.3. The summed E-state index contributed by atoms with van der Waals surface area (Å²) in [7, 11) is 0. The van der Waals surface area contributed by atoms with Crippen LogP contribution in [-0.2, 0) is 72.0 Å². The highest BCUT2D eigenvalue weighted by atomic mass is 79.9. The van der Waals surface area contributed by atoms with Gasteiger partial charge in [0.1, 0.15) is 41.0 Å². The van der Waals surface area contributed by atoms with E-state index in [0.717, 1.165) is 21.2 Å². The monoisotopic (exact) mass is 1240 g/mol.